The molecule has 0 saturated heterocycles. The summed E-state index contributed by atoms with van der Waals surface area (Å²) in [6.45, 7) is 0. The van der Waals surface area contributed by atoms with Gasteiger partial charge < -0.3 is 0 Å². The smallest absolute Gasteiger partial charge is 0.0505 e. The summed E-state index contributed by atoms with van der Waals surface area (Å²) < 4.78 is 1.18. The van der Waals surface area contributed by atoms with Crippen LogP contribution in [0.3, 0.4) is 0 Å². The first kappa shape index (κ1) is 5.82. The third-order valence-corrected chi connectivity index (χ3v) is 2.43. The van der Waals surface area contributed by atoms with Crippen molar-refractivity contribution in [2.45, 2.75) is 18.9 Å². The Hall–Kier alpha value is 0.690. The molecule has 0 aromatic rings. The molecule has 1 saturated carbocycles. The molecule has 42 valence electrons. The van der Waals surface area contributed by atoms with Gasteiger partial charge in [0.2, 0.25) is 0 Å². The Bertz CT molecular complexity index is 61.1. The highest BCUT2D eigenvalue weighted by Gasteiger charge is 2.24. The average Bonchev–Trinajstić information content (AvgIpc) is 2.44. The minimum atomic E-state index is 0.942. The van der Waals surface area contributed by atoms with E-state index in [1.54, 1.807) is 0 Å². The van der Waals surface area contributed by atoms with Crippen molar-refractivity contribution in [3.8, 4) is 0 Å². The maximum Gasteiger partial charge on any atom is 0.0505 e. The predicted octanol–water partition coefficient (Wildman–Crippen LogP) is 1.47. The van der Waals surface area contributed by atoms with Gasteiger partial charge in [-0.1, -0.05) is 22.6 Å². The molecule has 1 fully saturated rings. The minimum Gasteiger partial charge on any atom is -0.294 e. The molecule has 2 heteroatoms. The quantitative estimate of drug-likeness (QED) is 0.380. The second-order valence-electron chi connectivity index (χ2n) is 2.11. The zero-order valence-electron chi connectivity index (χ0n) is 4.52. The van der Waals surface area contributed by atoms with Crippen molar-refractivity contribution in [2.24, 2.45) is 0 Å². The highest BCUT2D eigenvalue weighted by molar-refractivity contribution is 14.1. The third-order valence-electron chi connectivity index (χ3n) is 1.36. The molecule has 1 aliphatic carbocycles. The van der Waals surface area contributed by atoms with Crippen LogP contribution in [0.4, 0.5) is 0 Å². The Balaban J connectivity index is 2.10. The summed E-state index contributed by atoms with van der Waals surface area (Å²) >= 11 is 2.39. The Morgan fingerprint density at radius 1 is 1.71 bits per heavy atom. The monoisotopic (exact) mass is 211 g/mol. The van der Waals surface area contributed by atoms with Crippen molar-refractivity contribution < 1.29 is 0 Å². The highest BCUT2D eigenvalue weighted by atomic mass is 127. The van der Waals surface area contributed by atoms with Crippen molar-refractivity contribution in [1.82, 2.24) is 4.90 Å². The van der Waals surface area contributed by atoms with Gasteiger partial charge in [0, 0.05) is 6.04 Å². The largest absolute Gasteiger partial charge is 0.294 e. The van der Waals surface area contributed by atoms with E-state index >= 15 is 0 Å². The Kier molecular flexibility index (Phi) is 1.92. The molecule has 0 aromatic carbocycles. The Morgan fingerprint density at radius 3 is 2.43 bits per heavy atom. The van der Waals surface area contributed by atoms with Crippen molar-refractivity contribution in [3.05, 3.63) is 0 Å². The Morgan fingerprint density at radius 2 is 2.29 bits per heavy atom. The lowest BCUT2D eigenvalue weighted by molar-refractivity contribution is 0.391. The summed E-state index contributed by atoms with van der Waals surface area (Å²) in [6.07, 6.45) is 2.86. The van der Waals surface area contributed by atoms with Crippen LogP contribution >= 0.6 is 22.6 Å². The van der Waals surface area contributed by atoms with Crippen LogP contribution in [0.25, 0.3) is 0 Å². The summed E-state index contributed by atoms with van der Waals surface area (Å²) in [5, 5.41) is 0. The van der Waals surface area contributed by atoms with Crippen LogP contribution in [0.1, 0.15) is 12.8 Å². The molecule has 0 N–H and O–H groups in total. The summed E-state index contributed by atoms with van der Waals surface area (Å²) in [4.78, 5) is 2.39. The van der Waals surface area contributed by atoms with Crippen LogP contribution in [-0.4, -0.2) is 22.5 Å². The third kappa shape index (κ3) is 1.57. The zero-order valence-corrected chi connectivity index (χ0v) is 6.68. The molecule has 0 radical (unpaired) electrons. The van der Waals surface area contributed by atoms with Crippen molar-refractivity contribution in [1.29, 1.82) is 0 Å². The maximum atomic E-state index is 2.39. The Labute approximate surface area is 58.2 Å². The van der Waals surface area contributed by atoms with Gasteiger partial charge in [0.1, 0.15) is 0 Å². The fourth-order valence-electron chi connectivity index (χ4n) is 0.613. The van der Waals surface area contributed by atoms with Gasteiger partial charge in [0.05, 0.1) is 4.55 Å². The van der Waals surface area contributed by atoms with Crippen LogP contribution in [-0.2, 0) is 0 Å². The fraction of sp³-hybridized carbons (Fsp3) is 1.00. The molecule has 0 aromatic heterocycles. The van der Waals surface area contributed by atoms with E-state index in [0.29, 0.717) is 0 Å². The van der Waals surface area contributed by atoms with Crippen molar-refractivity contribution in [2.75, 3.05) is 11.6 Å². The van der Waals surface area contributed by atoms with Crippen LogP contribution < -0.4 is 0 Å². The van der Waals surface area contributed by atoms with Crippen LogP contribution in [0.2, 0.25) is 0 Å². The lowest BCUT2D eigenvalue weighted by Crippen LogP contribution is -2.17. The number of hydrogen-bond acceptors (Lipinski definition) is 1. The minimum absolute atomic E-state index is 0.942. The van der Waals surface area contributed by atoms with E-state index in [4.69, 9.17) is 0 Å². The lowest BCUT2D eigenvalue weighted by atomic mass is 10.6. The second kappa shape index (κ2) is 2.31. The molecule has 0 unspecified atom stereocenters. The lowest BCUT2D eigenvalue weighted by Gasteiger charge is -2.08. The fourth-order valence-corrected chi connectivity index (χ4v) is 1.17. The maximum absolute atomic E-state index is 2.39. The molecule has 7 heavy (non-hydrogen) atoms. The molecule has 1 nitrogen and oxygen atoms in total. The van der Waals surface area contributed by atoms with Crippen LogP contribution in [0.15, 0.2) is 0 Å². The first-order valence-corrected chi connectivity index (χ1v) is 4.13. The molecule has 0 aliphatic heterocycles. The van der Waals surface area contributed by atoms with E-state index in [1.165, 1.54) is 17.4 Å². The predicted molar refractivity (Wildman–Crippen MR) is 39.7 cm³/mol. The van der Waals surface area contributed by atoms with Gasteiger partial charge in [0.25, 0.3) is 0 Å². The number of hydrogen-bond donors (Lipinski definition) is 0. The van der Waals surface area contributed by atoms with E-state index in [1.807, 2.05) is 0 Å². The topological polar surface area (TPSA) is 3.24 Å². The molecule has 0 amide bonds. The highest BCUT2D eigenvalue weighted by Crippen LogP contribution is 2.25. The van der Waals surface area contributed by atoms with Gasteiger partial charge in [-0.05, 0) is 19.9 Å². The molecular weight excluding hydrogens is 201 g/mol. The van der Waals surface area contributed by atoms with E-state index in [-0.39, 0.29) is 0 Å². The average molecular weight is 211 g/mol. The van der Waals surface area contributed by atoms with Crippen molar-refractivity contribution in [3.63, 3.8) is 0 Å². The van der Waals surface area contributed by atoms with E-state index < -0.39 is 0 Å². The summed E-state index contributed by atoms with van der Waals surface area (Å²) in [7, 11) is 2.18. The molecular formula is C5H10IN. The van der Waals surface area contributed by atoms with Gasteiger partial charge in [-0.2, -0.15) is 0 Å². The molecule has 0 spiro atoms. The van der Waals surface area contributed by atoms with E-state index in [0.717, 1.165) is 6.04 Å². The second-order valence-corrected chi connectivity index (χ2v) is 2.79. The van der Waals surface area contributed by atoms with Gasteiger partial charge >= 0.3 is 0 Å². The van der Waals surface area contributed by atoms with Gasteiger partial charge in [0.15, 0.2) is 0 Å². The van der Waals surface area contributed by atoms with Gasteiger partial charge in [-0.3, -0.25) is 4.90 Å². The summed E-state index contributed by atoms with van der Waals surface area (Å²) in [6, 6.07) is 0.942. The first-order valence-electron chi connectivity index (χ1n) is 2.61. The number of rotatable bonds is 2. The van der Waals surface area contributed by atoms with Crippen LogP contribution in [0, 0.1) is 0 Å². The number of halogens is 1. The van der Waals surface area contributed by atoms with Gasteiger partial charge in [-0.15, -0.1) is 0 Å². The van der Waals surface area contributed by atoms with Crippen LogP contribution in [0.5, 0.6) is 0 Å². The number of alkyl halides is 1. The number of nitrogens with zero attached hydrogens (tertiary/aromatic N) is 1. The van der Waals surface area contributed by atoms with E-state index in [9.17, 15) is 0 Å². The van der Waals surface area contributed by atoms with E-state index in [2.05, 4.69) is 34.5 Å². The normalized spacial score (nSPS) is 21.0. The first-order chi connectivity index (χ1) is 3.34. The van der Waals surface area contributed by atoms with Gasteiger partial charge in [-0.25, -0.2) is 0 Å². The molecule has 0 heterocycles. The molecule has 0 bridgehead atoms. The standard InChI is InChI=1S/C5H10IN/c1-7(4-6)5-2-3-5/h5H,2-4H2,1H3. The van der Waals surface area contributed by atoms with Crippen molar-refractivity contribution >= 4 is 22.6 Å². The molecule has 1 aliphatic rings. The zero-order chi connectivity index (χ0) is 5.28. The summed E-state index contributed by atoms with van der Waals surface area (Å²) in [5.41, 5.74) is 0. The SMILES string of the molecule is CN(CI)C1CC1. The summed E-state index contributed by atoms with van der Waals surface area (Å²) in [5.74, 6) is 0. The molecule has 0 atom stereocenters. The molecule has 1 rings (SSSR count).